The molecule has 0 amide bonds. The molecule has 0 aromatic carbocycles. The Kier molecular flexibility index (Phi) is 4.10. The van der Waals surface area contributed by atoms with Crippen LogP contribution in [0.1, 0.15) is 24.6 Å². The van der Waals surface area contributed by atoms with Crippen LogP contribution in [-0.2, 0) is 11.8 Å². The maximum atomic E-state index is 10.8. The number of nitriles is 1. The van der Waals surface area contributed by atoms with Gasteiger partial charge in [0, 0.05) is 13.6 Å². The Balaban J connectivity index is 3.17. The van der Waals surface area contributed by atoms with Crippen LogP contribution in [0.5, 0.6) is 0 Å². The molecule has 0 radical (unpaired) electrons. The molecule has 0 fully saturated rings. The number of carboxylic acid groups (broad SMARTS) is 1. The number of aryl methyl sites for hydroxylation is 2. The number of rotatable bonds is 5. The second-order valence-electron chi connectivity index (χ2n) is 3.83. The van der Waals surface area contributed by atoms with Gasteiger partial charge >= 0.3 is 5.97 Å². The second-order valence-corrected chi connectivity index (χ2v) is 3.83. The van der Waals surface area contributed by atoms with E-state index in [9.17, 15) is 4.79 Å². The van der Waals surface area contributed by atoms with Gasteiger partial charge in [-0.05, 0) is 13.3 Å². The molecule has 1 N–H and O–H groups in total. The highest BCUT2D eigenvalue weighted by molar-refractivity contribution is 5.74. The van der Waals surface area contributed by atoms with E-state index in [1.54, 1.807) is 23.6 Å². The fourth-order valence-corrected chi connectivity index (χ4v) is 1.83. The summed E-state index contributed by atoms with van der Waals surface area (Å²) in [6.07, 6.45) is 0.808. The Hall–Kier alpha value is -2.03. The van der Waals surface area contributed by atoms with Crippen molar-refractivity contribution < 1.29 is 9.90 Å². The number of nitrogens with zero attached hydrogens (tertiary/aromatic N) is 4. The van der Waals surface area contributed by atoms with Gasteiger partial charge in [0.2, 0.25) is 0 Å². The minimum absolute atomic E-state index is 0.124. The predicted octanol–water partition coefficient (Wildman–Crippen LogP) is 0.901. The van der Waals surface area contributed by atoms with Crippen LogP contribution in [0.2, 0.25) is 0 Å². The Morgan fingerprint density at radius 1 is 1.65 bits per heavy atom. The molecule has 1 rings (SSSR count). The summed E-state index contributed by atoms with van der Waals surface area (Å²) in [5.41, 5.74) is 1.07. The molecule has 17 heavy (non-hydrogen) atoms. The van der Waals surface area contributed by atoms with E-state index in [1.807, 2.05) is 6.92 Å². The third-order valence-electron chi connectivity index (χ3n) is 2.42. The van der Waals surface area contributed by atoms with Gasteiger partial charge in [-0.15, -0.1) is 0 Å². The zero-order valence-electron chi connectivity index (χ0n) is 10.3. The van der Waals surface area contributed by atoms with E-state index in [0.29, 0.717) is 23.6 Å². The van der Waals surface area contributed by atoms with Crippen molar-refractivity contribution in [1.29, 1.82) is 5.26 Å². The molecule has 0 saturated carbocycles. The molecular formula is C11H16N4O2. The van der Waals surface area contributed by atoms with Gasteiger partial charge in [0.25, 0.3) is 0 Å². The van der Waals surface area contributed by atoms with E-state index in [4.69, 9.17) is 10.4 Å². The maximum absolute atomic E-state index is 10.8. The standard InChI is InChI=1S/C11H16N4O2/c1-4-5-15(7-10(16)17)11-9(6-12)8(2)13-14(11)3/h4-5,7H2,1-3H3,(H,16,17). The Labute approximate surface area is 100 Å². The fraction of sp³-hybridized carbons (Fsp3) is 0.545. The smallest absolute Gasteiger partial charge is 0.323 e. The van der Waals surface area contributed by atoms with Gasteiger partial charge in [-0.1, -0.05) is 6.92 Å². The van der Waals surface area contributed by atoms with Crippen molar-refractivity contribution in [3.05, 3.63) is 11.3 Å². The highest BCUT2D eigenvalue weighted by Gasteiger charge is 2.20. The first-order valence-corrected chi connectivity index (χ1v) is 5.41. The zero-order chi connectivity index (χ0) is 13.0. The van der Waals surface area contributed by atoms with E-state index in [2.05, 4.69) is 11.2 Å². The lowest BCUT2D eigenvalue weighted by molar-refractivity contribution is -0.135. The molecule has 92 valence electrons. The van der Waals surface area contributed by atoms with Crippen molar-refractivity contribution in [3.8, 4) is 6.07 Å². The lowest BCUT2D eigenvalue weighted by Crippen LogP contribution is -2.32. The average Bonchev–Trinajstić information content (AvgIpc) is 2.51. The normalized spacial score (nSPS) is 10.0. The van der Waals surface area contributed by atoms with Crippen molar-refractivity contribution >= 4 is 11.8 Å². The Bertz CT molecular complexity index is 459. The topological polar surface area (TPSA) is 82.2 Å². The number of aliphatic carboxylic acids is 1. The summed E-state index contributed by atoms with van der Waals surface area (Å²) in [6, 6.07) is 2.08. The van der Waals surface area contributed by atoms with Crippen LogP contribution in [0.15, 0.2) is 0 Å². The van der Waals surface area contributed by atoms with Gasteiger partial charge in [-0.3, -0.25) is 9.48 Å². The van der Waals surface area contributed by atoms with Crippen molar-refractivity contribution in [2.24, 2.45) is 7.05 Å². The second kappa shape index (κ2) is 5.34. The summed E-state index contributed by atoms with van der Waals surface area (Å²) in [4.78, 5) is 12.5. The maximum Gasteiger partial charge on any atom is 0.323 e. The Morgan fingerprint density at radius 3 is 2.76 bits per heavy atom. The van der Waals surface area contributed by atoms with Crippen LogP contribution < -0.4 is 4.90 Å². The van der Waals surface area contributed by atoms with Gasteiger partial charge in [0.15, 0.2) is 0 Å². The molecule has 1 heterocycles. The minimum atomic E-state index is -0.916. The molecule has 1 aromatic rings. The van der Waals surface area contributed by atoms with Gasteiger partial charge in [0.1, 0.15) is 24.0 Å². The quantitative estimate of drug-likeness (QED) is 0.821. The van der Waals surface area contributed by atoms with Crippen LogP contribution in [0.4, 0.5) is 5.82 Å². The predicted molar refractivity (Wildman–Crippen MR) is 62.8 cm³/mol. The third-order valence-corrected chi connectivity index (χ3v) is 2.42. The van der Waals surface area contributed by atoms with E-state index < -0.39 is 5.97 Å². The van der Waals surface area contributed by atoms with Gasteiger partial charge in [-0.25, -0.2) is 0 Å². The van der Waals surface area contributed by atoms with Crippen LogP contribution in [0.3, 0.4) is 0 Å². The fourth-order valence-electron chi connectivity index (χ4n) is 1.83. The number of carboxylic acids is 1. The number of anilines is 1. The molecule has 0 aliphatic carbocycles. The Morgan fingerprint density at radius 2 is 2.29 bits per heavy atom. The molecule has 0 spiro atoms. The molecule has 0 saturated heterocycles. The summed E-state index contributed by atoms with van der Waals surface area (Å²) in [5, 5.41) is 22.1. The molecule has 0 aliphatic heterocycles. The van der Waals surface area contributed by atoms with E-state index in [-0.39, 0.29) is 6.54 Å². The molecular weight excluding hydrogens is 220 g/mol. The molecule has 0 bridgehead atoms. The number of hydrogen-bond acceptors (Lipinski definition) is 4. The molecule has 6 heteroatoms. The first-order chi connectivity index (χ1) is 8.01. The van der Waals surface area contributed by atoms with Gasteiger partial charge in [-0.2, -0.15) is 10.4 Å². The van der Waals surface area contributed by atoms with Crippen LogP contribution >= 0.6 is 0 Å². The zero-order valence-corrected chi connectivity index (χ0v) is 10.3. The van der Waals surface area contributed by atoms with Gasteiger partial charge in [0.05, 0.1) is 5.69 Å². The molecule has 1 aromatic heterocycles. The highest BCUT2D eigenvalue weighted by Crippen LogP contribution is 2.22. The molecule has 6 nitrogen and oxygen atoms in total. The molecule has 0 unspecified atom stereocenters. The van der Waals surface area contributed by atoms with Crippen LogP contribution in [0.25, 0.3) is 0 Å². The van der Waals surface area contributed by atoms with E-state index in [1.165, 1.54) is 0 Å². The molecule has 0 atom stereocenters. The first kappa shape index (κ1) is 13.0. The summed E-state index contributed by atoms with van der Waals surface area (Å²) >= 11 is 0. The molecule has 0 aliphatic rings. The number of aromatic nitrogens is 2. The lowest BCUT2D eigenvalue weighted by atomic mass is 10.2. The minimum Gasteiger partial charge on any atom is -0.480 e. The summed E-state index contributed by atoms with van der Waals surface area (Å²) in [5.74, 6) is -0.338. The van der Waals surface area contributed by atoms with Crippen molar-refractivity contribution in [1.82, 2.24) is 9.78 Å². The number of carbonyl (C=O) groups is 1. The van der Waals surface area contributed by atoms with Gasteiger partial charge < -0.3 is 10.0 Å². The monoisotopic (exact) mass is 236 g/mol. The summed E-state index contributed by atoms with van der Waals surface area (Å²) in [7, 11) is 1.72. The van der Waals surface area contributed by atoms with E-state index >= 15 is 0 Å². The van der Waals surface area contributed by atoms with Crippen LogP contribution in [-0.4, -0.2) is 33.9 Å². The third kappa shape index (κ3) is 2.75. The number of hydrogen-bond donors (Lipinski definition) is 1. The summed E-state index contributed by atoms with van der Waals surface area (Å²) in [6.45, 7) is 4.17. The summed E-state index contributed by atoms with van der Waals surface area (Å²) < 4.78 is 1.56. The average molecular weight is 236 g/mol. The lowest BCUT2D eigenvalue weighted by Gasteiger charge is -2.22. The van der Waals surface area contributed by atoms with E-state index in [0.717, 1.165) is 6.42 Å². The van der Waals surface area contributed by atoms with Crippen molar-refractivity contribution in [2.75, 3.05) is 18.0 Å². The van der Waals surface area contributed by atoms with Crippen LogP contribution in [0, 0.1) is 18.3 Å². The van der Waals surface area contributed by atoms with Crippen molar-refractivity contribution in [3.63, 3.8) is 0 Å². The van der Waals surface area contributed by atoms with Crippen molar-refractivity contribution in [2.45, 2.75) is 20.3 Å². The first-order valence-electron chi connectivity index (χ1n) is 5.41. The largest absolute Gasteiger partial charge is 0.480 e. The highest BCUT2D eigenvalue weighted by atomic mass is 16.4. The SMILES string of the molecule is CCCN(CC(=O)O)c1c(C#N)c(C)nn1C.